The Bertz CT molecular complexity index is 507. The summed E-state index contributed by atoms with van der Waals surface area (Å²) in [7, 11) is 0. The lowest BCUT2D eigenvalue weighted by Gasteiger charge is -2.34. The van der Waals surface area contributed by atoms with Crippen LogP contribution in [0.2, 0.25) is 5.02 Å². The van der Waals surface area contributed by atoms with Gasteiger partial charge in [0.25, 0.3) is 5.91 Å². The van der Waals surface area contributed by atoms with Crippen LogP contribution in [0.1, 0.15) is 22.3 Å². The van der Waals surface area contributed by atoms with Crippen molar-refractivity contribution in [1.29, 1.82) is 0 Å². The van der Waals surface area contributed by atoms with Gasteiger partial charge in [0.05, 0.1) is 10.6 Å². The van der Waals surface area contributed by atoms with Crippen molar-refractivity contribution in [1.82, 2.24) is 10.2 Å². The molecule has 3 rings (SSSR count). The third-order valence-corrected chi connectivity index (χ3v) is 4.66. The van der Waals surface area contributed by atoms with E-state index in [0.717, 1.165) is 44.1 Å². The zero-order chi connectivity index (χ0) is 13.4. The molecule has 1 amide bonds. The number of nitrogens with zero attached hydrogens (tertiary/aromatic N) is 1. The van der Waals surface area contributed by atoms with Crippen LogP contribution in [-0.2, 0) is 0 Å². The number of hydrogen-bond donors (Lipinski definition) is 1. The van der Waals surface area contributed by atoms with Crippen molar-refractivity contribution in [3.05, 3.63) is 34.3 Å². The number of amides is 1. The van der Waals surface area contributed by atoms with E-state index in [2.05, 4.69) is 5.32 Å². The number of piperidine rings is 1. The summed E-state index contributed by atoms with van der Waals surface area (Å²) in [6.07, 6.45) is 1.10. The normalized spacial score (nSPS) is 25.0. The van der Waals surface area contributed by atoms with Gasteiger partial charge in [-0.2, -0.15) is 0 Å². The second-order valence-electron chi connectivity index (χ2n) is 5.70. The van der Waals surface area contributed by atoms with Crippen molar-refractivity contribution in [2.45, 2.75) is 13.3 Å². The molecule has 2 atom stereocenters. The molecular formula is C15H20Cl2N2O. The van der Waals surface area contributed by atoms with Crippen LogP contribution >= 0.6 is 24.0 Å². The van der Waals surface area contributed by atoms with E-state index in [1.807, 2.05) is 30.0 Å². The van der Waals surface area contributed by atoms with Gasteiger partial charge >= 0.3 is 0 Å². The van der Waals surface area contributed by atoms with Crippen molar-refractivity contribution in [2.24, 2.45) is 11.8 Å². The van der Waals surface area contributed by atoms with Gasteiger partial charge in [0.2, 0.25) is 0 Å². The predicted octanol–water partition coefficient (Wildman–Crippen LogP) is 2.75. The summed E-state index contributed by atoms with van der Waals surface area (Å²) in [5.41, 5.74) is 1.72. The molecule has 1 N–H and O–H groups in total. The summed E-state index contributed by atoms with van der Waals surface area (Å²) in [5, 5.41) is 3.98. The van der Waals surface area contributed by atoms with E-state index in [-0.39, 0.29) is 18.3 Å². The molecule has 1 aromatic rings. The summed E-state index contributed by atoms with van der Waals surface area (Å²) >= 11 is 6.20. The maximum absolute atomic E-state index is 12.5. The zero-order valence-electron chi connectivity index (χ0n) is 11.6. The molecule has 5 heteroatoms. The molecule has 2 fully saturated rings. The average molecular weight is 315 g/mol. The molecule has 2 aliphatic heterocycles. The molecule has 110 valence electrons. The lowest BCUT2D eigenvalue weighted by atomic mass is 9.88. The monoisotopic (exact) mass is 314 g/mol. The van der Waals surface area contributed by atoms with Gasteiger partial charge in [0.1, 0.15) is 0 Å². The molecule has 0 aromatic heterocycles. The smallest absolute Gasteiger partial charge is 0.255 e. The van der Waals surface area contributed by atoms with E-state index in [0.29, 0.717) is 16.5 Å². The fraction of sp³-hybridized carbons (Fsp3) is 0.533. The minimum atomic E-state index is 0. The number of fused-ring (bicyclic) bond motifs is 1. The Morgan fingerprint density at radius 3 is 2.85 bits per heavy atom. The molecule has 0 aliphatic carbocycles. The first-order chi connectivity index (χ1) is 9.15. The molecule has 1 aromatic carbocycles. The minimum absolute atomic E-state index is 0. The van der Waals surface area contributed by atoms with Gasteiger partial charge in [-0.1, -0.05) is 17.7 Å². The molecule has 0 bridgehead atoms. The number of carbonyl (C=O) groups excluding carboxylic acids is 1. The van der Waals surface area contributed by atoms with Gasteiger partial charge in [0.15, 0.2) is 0 Å². The minimum Gasteiger partial charge on any atom is -0.338 e. The highest BCUT2D eigenvalue weighted by atomic mass is 35.5. The number of hydrogen-bond acceptors (Lipinski definition) is 2. The van der Waals surface area contributed by atoms with E-state index in [1.165, 1.54) is 0 Å². The van der Waals surface area contributed by atoms with Crippen LogP contribution in [0.15, 0.2) is 18.2 Å². The van der Waals surface area contributed by atoms with E-state index in [1.54, 1.807) is 0 Å². The van der Waals surface area contributed by atoms with Gasteiger partial charge in [-0.05, 0) is 56.0 Å². The van der Waals surface area contributed by atoms with Crippen LogP contribution in [0, 0.1) is 18.8 Å². The highest BCUT2D eigenvalue weighted by Crippen LogP contribution is 2.28. The first-order valence-corrected chi connectivity index (χ1v) is 7.29. The molecule has 3 nitrogen and oxygen atoms in total. The number of halogens is 2. The van der Waals surface area contributed by atoms with Crippen molar-refractivity contribution in [3.63, 3.8) is 0 Å². The second-order valence-corrected chi connectivity index (χ2v) is 6.11. The number of nitrogens with one attached hydrogen (secondary N) is 1. The summed E-state index contributed by atoms with van der Waals surface area (Å²) < 4.78 is 0. The lowest BCUT2D eigenvalue weighted by Crippen LogP contribution is -2.43. The van der Waals surface area contributed by atoms with Gasteiger partial charge in [-0.25, -0.2) is 0 Å². The second kappa shape index (κ2) is 6.33. The van der Waals surface area contributed by atoms with Crippen LogP contribution < -0.4 is 5.32 Å². The summed E-state index contributed by atoms with van der Waals surface area (Å²) in [6, 6.07) is 5.65. The highest BCUT2D eigenvalue weighted by molar-refractivity contribution is 6.33. The fourth-order valence-corrected chi connectivity index (χ4v) is 3.50. The molecule has 0 saturated carbocycles. The molecule has 2 unspecified atom stereocenters. The molecule has 0 radical (unpaired) electrons. The van der Waals surface area contributed by atoms with Crippen molar-refractivity contribution in [2.75, 3.05) is 26.2 Å². The van der Waals surface area contributed by atoms with Gasteiger partial charge in [-0.3, -0.25) is 4.79 Å². The Morgan fingerprint density at radius 1 is 1.35 bits per heavy atom. The Morgan fingerprint density at radius 2 is 2.10 bits per heavy atom. The fourth-order valence-electron chi connectivity index (χ4n) is 3.18. The number of carbonyl (C=O) groups is 1. The predicted molar refractivity (Wildman–Crippen MR) is 83.8 cm³/mol. The number of benzene rings is 1. The molecule has 20 heavy (non-hydrogen) atoms. The topological polar surface area (TPSA) is 32.3 Å². The van der Waals surface area contributed by atoms with Gasteiger partial charge in [0, 0.05) is 13.1 Å². The third kappa shape index (κ3) is 2.95. The highest BCUT2D eigenvalue weighted by Gasteiger charge is 2.34. The Balaban J connectivity index is 0.00000147. The first-order valence-electron chi connectivity index (χ1n) is 6.91. The lowest BCUT2D eigenvalue weighted by molar-refractivity contribution is 0.0642. The average Bonchev–Trinajstić information content (AvgIpc) is 2.85. The van der Waals surface area contributed by atoms with E-state index in [4.69, 9.17) is 11.6 Å². The zero-order valence-corrected chi connectivity index (χ0v) is 13.1. The molecule has 0 spiro atoms. The van der Waals surface area contributed by atoms with Crippen molar-refractivity contribution < 1.29 is 4.79 Å². The Labute approximate surface area is 131 Å². The van der Waals surface area contributed by atoms with E-state index in [9.17, 15) is 4.79 Å². The summed E-state index contributed by atoms with van der Waals surface area (Å²) in [5.74, 6) is 1.44. The molecule has 2 saturated heterocycles. The van der Waals surface area contributed by atoms with Gasteiger partial charge in [-0.15, -0.1) is 12.4 Å². The number of aryl methyl sites for hydroxylation is 1. The van der Waals surface area contributed by atoms with Crippen molar-refractivity contribution >= 4 is 29.9 Å². The maximum Gasteiger partial charge on any atom is 0.255 e. The van der Waals surface area contributed by atoms with Crippen LogP contribution in [0.4, 0.5) is 0 Å². The summed E-state index contributed by atoms with van der Waals surface area (Å²) in [6.45, 7) is 5.84. The first kappa shape index (κ1) is 15.6. The van der Waals surface area contributed by atoms with Crippen LogP contribution in [0.3, 0.4) is 0 Å². The third-order valence-electron chi connectivity index (χ3n) is 4.35. The van der Waals surface area contributed by atoms with Crippen LogP contribution in [0.25, 0.3) is 0 Å². The SMILES string of the molecule is Cc1ccc(C(=O)N2CCC3CNCC3C2)c(Cl)c1.Cl. The standard InChI is InChI=1S/C15H19ClN2O.ClH/c1-10-2-3-13(14(16)6-10)15(19)18-5-4-11-7-17-8-12(11)9-18;/h2-3,6,11-12,17H,4-5,7-9H2,1H3;1H. The Kier molecular flexibility index (Phi) is 4.95. The number of likely N-dealkylation sites (tertiary alicyclic amines) is 1. The Hall–Kier alpha value is -0.770. The van der Waals surface area contributed by atoms with Gasteiger partial charge < -0.3 is 10.2 Å². The summed E-state index contributed by atoms with van der Waals surface area (Å²) in [4.78, 5) is 14.5. The van der Waals surface area contributed by atoms with E-state index >= 15 is 0 Å². The quantitative estimate of drug-likeness (QED) is 0.864. The molecule has 2 heterocycles. The van der Waals surface area contributed by atoms with E-state index < -0.39 is 0 Å². The maximum atomic E-state index is 12.5. The van der Waals surface area contributed by atoms with Crippen LogP contribution in [-0.4, -0.2) is 37.0 Å². The molecular weight excluding hydrogens is 295 g/mol. The number of rotatable bonds is 1. The molecule has 2 aliphatic rings. The van der Waals surface area contributed by atoms with Crippen LogP contribution in [0.5, 0.6) is 0 Å². The van der Waals surface area contributed by atoms with Crippen molar-refractivity contribution in [3.8, 4) is 0 Å². The largest absolute Gasteiger partial charge is 0.338 e.